The molecule has 1 unspecified atom stereocenters. The minimum atomic E-state index is -1.41. The van der Waals surface area contributed by atoms with Gasteiger partial charge < -0.3 is 29.6 Å². The highest BCUT2D eigenvalue weighted by Crippen LogP contribution is 2.45. The number of carbonyl (C=O) groups excluding carboxylic acids is 3. The number of nitrogens with zero attached hydrogens (tertiary/aromatic N) is 1. The molecule has 0 saturated carbocycles. The average Bonchev–Trinajstić information content (AvgIpc) is 2.41. The minimum absolute atomic E-state index is 0.253. The van der Waals surface area contributed by atoms with Crippen molar-refractivity contribution in [2.45, 2.75) is 45.4 Å². The number of esters is 2. The molecule has 1 spiro atoms. The zero-order valence-corrected chi connectivity index (χ0v) is 13.0. The number of nitrogens with one attached hydrogen (secondary N) is 1. The number of hydrogen-bond donors (Lipinski definition) is 1. The van der Waals surface area contributed by atoms with Crippen LogP contribution in [0.2, 0.25) is 0 Å². The van der Waals surface area contributed by atoms with E-state index < -0.39 is 35.3 Å². The van der Waals surface area contributed by atoms with Gasteiger partial charge in [0.2, 0.25) is 0 Å². The molecule has 0 aromatic rings. The van der Waals surface area contributed by atoms with Crippen LogP contribution >= 0.6 is 0 Å². The van der Waals surface area contributed by atoms with Crippen molar-refractivity contribution in [3.8, 4) is 0 Å². The van der Waals surface area contributed by atoms with Crippen molar-refractivity contribution in [1.82, 2.24) is 10.2 Å². The van der Waals surface area contributed by atoms with E-state index in [1.165, 1.54) is 0 Å². The lowest BCUT2D eigenvalue weighted by molar-refractivity contribution is -0.304. The Morgan fingerprint density at radius 3 is 2.27 bits per heavy atom. The third kappa shape index (κ3) is 3.32. The first kappa shape index (κ1) is 16.5. The summed E-state index contributed by atoms with van der Waals surface area (Å²) < 4.78 is 10.1. The van der Waals surface area contributed by atoms with Crippen LogP contribution in [-0.2, 0) is 19.1 Å². The van der Waals surface area contributed by atoms with Crippen LogP contribution in [0.4, 0.5) is 4.79 Å². The molecular weight excluding hydrogens is 292 g/mol. The monoisotopic (exact) mass is 313 g/mol. The number of piperidine rings is 1. The first-order valence-electron chi connectivity index (χ1n) is 7.27. The molecule has 8 nitrogen and oxygen atoms in total. The van der Waals surface area contributed by atoms with Gasteiger partial charge in [-0.2, -0.15) is 0 Å². The van der Waals surface area contributed by atoms with Gasteiger partial charge >= 0.3 is 11.9 Å². The molecule has 124 valence electrons. The third-order valence-corrected chi connectivity index (χ3v) is 3.91. The summed E-state index contributed by atoms with van der Waals surface area (Å²) in [5.74, 6) is -2.30. The van der Waals surface area contributed by atoms with Gasteiger partial charge in [0.25, 0.3) is 0 Å². The standard InChI is InChI=1S/C14H22N2O6/c1-13(2,3)22-10(18)9(17)21-11-14(4-6-15-7-5-14)8-16(11)12(19)20/h11,15H,4-8H2,1-3H3,(H,19,20)/p-1. The van der Waals surface area contributed by atoms with Crippen LogP contribution in [0.1, 0.15) is 33.6 Å². The van der Waals surface area contributed by atoms with Gasteiger partial charge in [-0.1, -0.05) is 0 Å². The molecule has 2 heterocycles. The fourth-order valence-corrected chi connectivity index (χ4v) is 2.87. The molecule has 8 heteroatoms. The molecule has 1 N–H and O–H groups in total. The van der Waals surface area contributed by atoms with Gasteiger partial charge in [0.05, 0.1) is 0 Å². The van der Waals surface area contributed by atoms with Crippen molar-refractivity contribution in [1.29, 1.82) is 0 Å². The molecular formula is C14H21N2O6-. The number of likely N-dealkylation sites (tertiary alicyclic amines) is 1. The van der Waals surface area contributed by atoms with Crippen molar-refractivity contribution in [2.24, 2.45) is 5.41 Å². The molecule has 0 aromatic heterocycles. The zero-order valence-electron chi connectivity index (χ0n) is 13.0. The Hall–Kier alpha value is -1.83. The summed E-state index contributed by atoms with van der Waals surface area (Å²) in [4.78, 5) is 35.6. The van der Waals surface area contributed by atoms with E-state index in [-0.39, 0.29) is 6.54 Å². The molecule has 1 amide bonds. The summed E-state index contributed by atoms with van der Waals surface area (Å²) in [7, 11) is 0. The van der Waals surface area contributed by atoms with E-state index in [1.807, 2.05) is 0 Å². The number of carboxylic acid groups (broad SMARTS) is 1. The number of rotatable bonds is 1. The molecule has 22 heavy (non-hydrogen) atoms. The Morgan fingerprint density at radius 1 is 1.18 bits per heavy atom. The lowest BCUT2D eigenvalue weighted by Gasteiger charge is -2.58. The lowest BCUT2D eigenvalue weighted by Crippen LogP contribution is -2.72. The van der Waals surface area contributed by atoms with Crippen molar-refractivity contribution in [2.75, 3.05) is 19.6 Å². The average molecular weight is 313 g/mol. The normalized spacial score (nSPS) is 23.6. The van der Waals surface area contributed by atoms with Crippen molar-refractivity contribution >= 4 is 18.0 Å². The zero-order chi connectivity index (χ0) is 16.5. The third-order valence-electron chi connectivity index (χ3n) is 3.91. The maximum atomic E-state index is 11.9. The second kappa shape index (κ2) is 5.75. The first-order chi connectivity index (χ1) is 10.1. The van der Waals surface area contributed by atoms with E-state index in [9.17, 15) is 19.5 Å². The summed E-state index contributed by atoms with van der Waals surface area (Å²) in [6, 6.07) is 0. The predicted molar refractivity (Wildman–Crippen MR) is 72.4 cm³/mol. The summed E-state index contributed by atoms with van der Waals surface area (Å²) in [6.45, 7) is 6.56. The molecule has 2 saturated heterocycles. The fourth-order valence-electron chi connectivity index (χ4n) is 2.87. The summed E-state index contributed by atoms with van der Waals surface area (Å²) >= 11 is 0. The van der Waals surface area contributed by atoms with E-state index in [1.54, 1.807) is 20.8 Å². The highest BCUT2D eigenvalue weighted by molar-refractivity contribution is 6.29. The van der Waals surface area contributed by atoms with Crippen LogP contribution in [0.15, 0.2) is 0 Å². The highest BCUT2D eigenvalue weighted by Gasteiger charge is 2.56. The Bertz CT molecular complexity index is 478. The molecule has 0 aliphatic carbocycles. The summed E-state index contributed by atoms with van der Waals surface area (Å²) in [6.07, 6.45) is -1.06. The van der Waals surface area contributed by atoms with Crippen LogP contribution in [0.3, 0.4) is 0 Å². The molecule has 0 bridgehead atoms. The van der Waals surface area contributed by atoms with Gasteiger partial charge in [0, 0.05) is 12.0 Å². The number of ether oxygens (including phenoxy) is 2. The highest BCUT2D eigenvalue weighted by atomic mass is 16.6. The van der Waals surface area contributed by atoms with E-state index >= 15 is 0 Å². The van der Waals surface area contributed by atoms with Crippen LogP contribution in [0, 0.1) is 5.41 Å². The van der Waals surface area contributed by atoms with Gasteiger partial charge in [-0.25, -0.2) is 9.59 Å². The molecule has 2 aliphatic heterocycles. The smallest absolute Gasteiger partial charge is 0.419 e. The second-order valence-electron chi connectivity index (χ2n) is 6.77. The van der Waals surface area contributed by atoms with Crippen molar-refractivity contribution in [3.63, 3.8) is 0 Å². The van der Waals surface area contributed by atoms with Gasteiger partial charge in [-0.05, 0) is 46.7 Å². The first-order valence-corrected chi connectivity index (χ1v) is 7.27. The quantitative estimate of drug-likeness (QED) is 0.500. The van der Waals surface area contributed by atoms with Gasteiger partial charge in [0.15, 0.2) is 6.23 Å². The Kier molecular flexibility index (Phi) is 4.32. The van der Waals surface area contributed by atoms with E-state index in [2.05, 4.69) is 5.32 Å². The van der Waals surface area contributed by atoms with Crippen LogP contribution in [-0.4, -0.2) is 54.4 Å². The van der Waals surface area contributed by atoms with Gasteiger partial charge in [-0.3, -0.25) is 0 Å². The van der Waals surface area contributed by atoms with E-state index in [0.717, 1.165) is 4.90 Å². The fraction of sp³-hybridized carbons (Fsp3) is 0.786. The Balaban J connectivity index is 2.04. The Morgan fingerprint density at radius 2 is 1.77 bits per heavy atom. The molecule has 2 aliphatic rings. The number of hydrogen-bond acceptors (Lipinski definition) is 7. The number of carbonyl (C=O) groups is 3. The molecule has 1 atom stereocenters. The maximum Gasteiger partial charge on any atom is 0.419 e. The van der Waals surface area contributed by atoms with Crippen molar-refractivity contribution < 1.29 is 29.0 Å². The number of amides is 1. The van der Waals surface area contributed by atoms with Crippen molar-refractivity contribution in [3.05, 3.63) is 0 Å². The summed E-state index contributed by atoms with van der Waals surface area (Å²) in [5, 5.41) is 14.3. The topological polar surface area (TPSA) is 108 Å². The molecule has 0 radical (unpaired) electrons. The van der Waals surface area contributed by atoms with Crippen LogP contribution in [0.5, 0.6) is 0 Å². The minimum Gasteiger partial charge on any atom is -0.530 e. The lowest BCUT2D eigenvalue weighted by atomic mass is 9.70. The largest absolute Gasteiger partial charge is 0.530 e. The molecule has 2 rings (SSSR count). The van der Waals surface area contributed by atoms with Crippen LogP contribution in [0.25, 0.3) is 0 Å². The predicted octanol–water partition coefficient (Wildman–Crippen LogP) is -0.774. The van der Waals surface area contributed by atoms with Gasteiger partial charge in [-0.15, -0.1) is 0 Å². The second-order valence-corrected chi connectivity index (χ2v) is 6.77. The van der Waals surface area contributed by atoms with Crippen LogP contribution < -0.4 is 10.4 Å². The Labute approximate surface area is 128 Å². The van der Waals surface area contributed by atoms with Gasteiger partial charge in [0.1, 0.15) is 11.7 Å². The van der Waals surface area contributed by atoms with E-state index in [4.69, 9.17) is 9.47 Å². The molecule has 2 fully saturated rings. The SMILES string of the molecule is CC(C)(C)OC(=O)C(=O)OC1N(C(=O)[O-])CC12CCNCC2. The van der Waals surface area contributed by atoms with E-state index in [0.29, 0.717) is 25.9 Å². The summed E-state index contributed by atoms with van der Waals surface area (Å²) in [5.41, 5.74) is -1.26. The maximum absolute atomic E-state index is 11.9. The molecule has 0 aromatic carbocycles.